The Bertz CT molecular complexity index is 298. The Balaban J connectivity index is 2.15. The quantitative estimate of drug-likeness (QED) is 0.257. The van der Waals surface area contributed by atoms with Gasteiger partial charge in [-0.3, -0.25) is 4.99 Å². The number of ether oxygens (including phenoxy) is 1. The maximum atomic E-state index is 5.74. The first-order valence-electron chi connectivity index (χ1n) is 9.66. The van der Waals surface area contributed by atoms with Crippen LogP contribution in [0.25, 0.3) is 0 Å². The molecule has 22 heavy (non-hydrogen) atoms. The third-order valence-electron chi connectivity index (χ3n) is 4.58. The molecule has 1 rings (SSSR count). The Morgan fingerprint density at radius 2 is 1.64 bits per heavy atom. The van der Waals surface area contributed by atoms with Gasteiger partial charge in [0.25, 0.3) is 0 Å². The van der Waals surface area contributed by atoms with Gasteiger partial charge >= 0.3 is 0 Å². The van der Waals surface area contributed by atoms with Crippen LogP contribution in [0, 0.1) is 5.92 Å². The largest absolute Gasteiger partial charge is 0.479 e. The molecule has 0 aliphatic carbocycles. The van der Waals surface area contributed by atoms with Crippen molar-refractivity contribution in [2.45, 2.75) is 90.4 Å². The van der Waals surface area contributed by atoms with Crippen LogP contribution in [-0.4, -0.2) is 19.0 Å². The van der Waals surface area contributed by atoms with Gasteiger partial charge in [0.2, 0.25) is 0 Å². The molecule has 2 heteroatoms. The molecule has 0 bridgehead atoms. The van der Waals surface area contributed by atoms with Crippen LogP contribution in [0.3, 0.4) is 0 Å². The first-order chi connectivity index (χ1) is 10.9. The zero-order chi connectivity index (χ0) is 15.9. The van der Waals surface area contributed by atoms with E-state index in [0.29, 0.717) is 5.92 Å². The van der Waals surface area contributed by atoms with Crippen molar-refractivity contribution in [2.75, 3.05) is 13.2 Å². The minimum Gasteiger partial charge on any atom is -0.479 e. The molecule has 0 saturated carbocycles. The third-order valence-corrected chi connectivity index (χ3v) is 4.58. The Morgan fingerprint density at radius 1 is 1.00 bits per heavy atom. The molecule has 1 aliphatic rings. The molecule has 1 aliphatic heterocycles. The van der Waals surface area contributed by atoms with Crippen LogP contribution in [0.1, 0.15) is 90.4 Å². The number of hydrogen-bond donors (Lipinski definition) is 0. The summed E-state index contributed by atoms with van der Waals surface area (Å²) >= 11 is 0. The van der Waals surface area contributed by atoms with E-state index in [9.17, 15) is 0 Å². The zero-order valence-corrected chi connectivity index (χ0v) is 14.8. The van der Waals surface area contributed by atoms with Crippen LogP contribution in [0.4, 0.5) is 0 Å². The Labute approximate surface area is 138 Å². The van der Waals surface area contributed by atoms with Crippen LogP contribution in [0.15, 0.2) is 17.6 Å². The van der Waals surface area contributed by atoms with E-state index in [4.69, 9.17) is 4.74 Å². The van der Waals surface area contributed by atoms with Crippen molar-refractivity contribution in [1.82, 2.24) is 0 Å². The average molecular weight is 308 g/mol. The van der Waals surface area contributed by atoms with Crippen LogP contribution < -0.4 is 0 Å². The second-order valence-electron chi connectivity index (χ2n) is 6.60. The summed E-state index contributed by atoms with van der Waals surface area (Å²) in [4.78, 5) is 4.57. The van der Waals surface area contributed by atoms with E-state index >= 15 is 0 Å². The standard InChI is InChI=1S/C20H37NO/c1-3-5-7-9-11-13-15-19(20-21-17-18-22-20)16-14-12-10-8-6-4-2/h3,19H,1,4-18H2,2H3. The van der Waals surface area contributed by atoms with Crippen molar-refractivity contribution in [1.29, 1.82) is 0 Å². The Hall–Kier alpha value is -0.790. The minimum atomic E-state index is 0.591. The van der Waals surface area contributed by atoms with E-state index in [1.807, 2.05) is 6.08 Å². The maximum absolute atomic E-state index is 5.74. The second kappa shape index (κ2) is 13.8. The lowest BCUT2D eigenvalue weighted by Gasteiger charge is -2.16. The van der Waals surface area contributed by atoms with Gasteiger partial charge in [-0.25, -0.2) is 0 Å². The molecular weight excluding hydrogens is 270 g/mol. The number of aliphatic imine (C=N–C) groups is 1. The van der Waals surface area contributed by atoms with Gasteiger partial charge in [0.05, 0.1) is 6.54 Å². The number of nitrogens with zero attached hydrogens (tertiary/aromatic N) is 1. The van der Waals surface area contributed by atoms with Gasteiger partial charge in [-0.15, -0.1) is 6.58 Å². The van der Waals surface area contributed by atoms with Gasteiger partial charge < -0.3 is 4.74 Å². The van der Waals surface area contributed by atoms with Crippen molar-refractivity contribution in [3.8, 4) is 0 Å². The van der Waals surface area contributed by atoms with Crippen molar-refractivity contribution >= 4 is 5.90 Å². The first kappa shape index (κ1) is 19.3. The van der Waals surface area contributed by atoms with Gasteiger partial charge in [-0.05, 0) is 25.7 Å². The third kappa shape index (κ3) is 9.27. The normalized spacial score (nSPS) is 15.4. The summed E-state index contributed by atoms with van der Waals surface area (Å²) < 4.78 is 5.74. The van der Waals surface area contributed by atoms with Crippen molar-refractivity contribution < 1.29 is 4.74 Å². The van der Waals surface area contributed by atoms with Gasteiger partial charge in [0.15, 0.2) is 5.90 Å². The van der Waals surface area contributed by atoms with E-state index < -0.39 is 0 Å². The number of rotatable bonds is 15. The molecule has 0 N–H and O–H groups in total. The number of unbranched alkanes of at least 4 members (excludes halogenated alkanes) is 9. The second-order valence-corrected chi connectivity index (χ2v) is 6.60. The highest BCUT2D eigenvalue weighted by atomic mass is 16.5. The van der Waals surface area contributed by atoms with Crippen LogP contribution in [0.5, 0.6) is 0 Å². The minimum absolute atomic E-state index is 0.591. The fourth-order valence-electron chi connectivity index (χ4n) is 3.19. The molecule has 2 nitrogen and oxygen atoms in total. The van der Waals surface area contributed by atoms with Crippen LogP contribution >= 0.6 is 0 Å². The van der Waals surface area contributed by atoms with E-state index in [2.05, 4.69) is 18.5 Å². The SMILES string of the molecule is C=CCCCCCCC(CCCCCCCC)C1=NCCO1. The van der Waals surface area contributed by atoms with Crippen LogP contribution in [0.2, 0.25) is 0 Å². The summed E-state index contributed by atoms with van der Waals surface area (Å²) in [6.07, 6.45) is 19.3. The molecule has 128 valence electrons. The molecule has 0 fully saturated rings. The molecule has 0 aromatic carbocycles. The Morgan fingerprint density at radius 3 is 2.23 bits per heavy atom. The van der Waals surface area contributed by atoms with E-state index in [1.54, 1.807) is 0 Å². The molecule has 0 amide bonds. The van der Waals surface area contributed by atoms with Gasteiger partial charge in [0.1, 0.15) is 6.61 Å². The predicted octanol–water partition coefficient (Wildman–Crippen LogP) is 6.31. The summed E-state index contributed by atoms with van der Waals surface area (Å²) in [6.45, 7) is 7.75. The highest BCUT2D eigenvalue weighted by Gasteiger charge is 2.19. The fraction of sp³-hybridized carbons (Fsp3) is 0.850. The topological polar surface area (TPSA) is 21.6 Å². The number of hydrogen-bond acceptors (Lipinski definition) is 2. The Kier molecular flexibility index (Phi) is 12.1. The summed E-state index contributed by atoms with van der Waals surface area (Å²) in [6, 6.07) is 0. The lowest BCUT2D eigenvalue weighted by atomic mass is 9.94. The lowest BCUT2D eigenvalue weighted by molar-refractivity contribution is 0.309. The monoisotopic (exact) mass is 307 g/mol. The molecule has 1 heterocycles. The van der Waals surface area contributed by atoms with E-state index in [-0.39, 0.29) is 0 Å². The smallest absolute Gasteiger partial charge is 0.186 e. The van der Waals surface area contributed by atoms with Gasteiger partial charge in [-0.2, -0.15) is 0 Å². The van der Waals surface area contributed by atoms with E-state index in [0.717, 1.165) is 25.5 Å². The predicted molar refractivity (Wildman–Crippen MR) is 97.6 cm³/mol. The van der Waals surface area contributed by atoms with Crippen molar-refractivity contribution in [3.05, 3.63) is 12.7 Å². The first-order valence-corrected chi connectivity index (χ1v) is 9.66. The number of allylic oxidation sites excluding steroid dienone is 1. The highest BCUT2D eigenvalue weighted by molar-refractivity contribution is 5.79. The lowest BCUT2D eigenvalue weighted by Crippen LogP contribution is -2.15. The van der Waals surface area contributed by atoms with Crippen molar-refractivity contribution in [3.63, 3.8) is 0 Å². The van der Waals surface area contributed by atoms with Crippen molar-refractivity contribution in [2.24, 2.45) is 10.9 Å². The highest BCUT2D eigenvalue weighted by Crippen LogP contribution is 2.22. The molecular formula is C20H37NO. The fourth-order valence-corrected chi connectivity index (χ4v) is 3.19. The maximum Gasteiger partial charge on any atom is 0.186 e. The molecule has 0 spiro atoms. The summed E-state index contributed by atoms with van der Waals surface area (Å²) in [5.74, 6) is 1.66. The molecule has 0 aromatic rings. The van der Waals surface area contributed by atoms with Gasteiger partial charge in [-0.1, -0.05) is 70.8 Å². The molecule has 1 unspecified atom stereocenters. The van der Waals surface area contributed by atoms with Crippen LogP contribution in [-0.2, 0) is 4.74 Å². The van der Waals surface area contributed by atoms with Gasteiger partial charge in [0, 0.05) is 5.92 Å². The average Bonchev–Trinajstić information content (AvgIpc) is 3.06. The summed E-state index contributed by atoms with van der Waals surface area (Å²) in [5.41, 5.74) is 0. The summed E-state index contributed by atoms with van der Waals surface area (Å²) in [7, 11) is 0. The molecule has 1 atom stereocenters. The van der Waals surface area contributed by atoms with E-state index in [1.165, 1.54) is 77.0 Å². The molecule has 0 saturated heterocycles. The molecule has 0 radical (unpaired) electrons. The zero-order valence-electron chi connectivity index (χ0n) is 14.8. The molecule has 0 aromatic heterocycles. The summed E-state index contributed by atoms with van der Waals surface area (Å²) in [5, 5.41) is 0.